The second kappa shape index (κ2) is 4.94. The van der Waals surface area contributed by atoms with E-state index in [1.54, 1.807) is 35.2 Å². The number of phenolic OH excluding ortho intramolecular Hbond substituents is 1. The van der Waals surface area contributed by atoms with E-state index >= 15 is 0 Å². The third kappa shape index (κ3) is 2.33. The molecule has 21 heavy (non-hydrogen) atoms. The van der Waals surface area contributed by atoms with Gasteiger partial charge in [0.2, 0.25) is 0 Å². The van der Waals surface area contributed by atoms with Crippen molar-refractivity contribution < 1.29 is 19.8 Å². The van der Waals surface area contributed by atoms with E-state index in [-0.39, 0.29) is 22.8 Å². The number of carboxylic acids is 1. The Kier molecular flexibility index (Phi) is 3.10. The lowest BCUT2D eigenvalue weighted by molar-refractivity contribution is 0.0696. The van der Waals surface area contributed by atoms with Crippen molar-refractivity contribution in [3.05, 3.63) is 64.7 Å². The molecule has 5 heteroatoms. The molecule has 0 spiro atoms. The summed E-state index contributed by atoms with van der Waals surface area (Å²) in [5.41, 5.74) is 2.23. The maximum atomic E-state index is 12.4. The molecule has 0 aliphatic carbocycles. The van der Waals surface area contributed by atoms with Crippen LogP contribution in [0, 0.1) is 0 Å². The largest absolute Gasteiger partial charge is 0.507 e. The van der Waals surface area contributed by atoms with Crippen LogP contribution in [0.4, 0.5) is 0 Å². The number of benzene rings is 2. The van der Waals surface area contributed by atoms with Crippen LogP contribution in [0.3, 0.4) is 0 Å². The summed E-state index contributed by atoms with van der Waals surface area (Å²) in [6.07, 6.45) is 0. The second-order valence-electron chi connectivity index (χ2n) is 4.97. The lowest BCUT2D eigenvalue weighted by atomic mass is 10.1. The molecule has 1 aliphatic heterocycles. The molecule has 0 bridgehead atoms. The Morgan fingerprint density at radius 1 is 1.00 bits per heavy atom. The summed E-state index contributed by atoms with van der Waals surface area (Å²) in [7, 11) is 0. The number of hydrogen-bond donors (Lipinski definition) is 2. The Balaban J connectivity index is 1.86. The molecule has 2 aromatic carbocycles. The van der Waals surface area contributed by atoms with Gasteiger partial charge in [0, 0.05) is 13.1 Å². The number of carboxylic acid groups (broad SMARTS) is 1. The van der Waals surface area contributed by atoms with Crippen LogP contribution in [0.1, 0.15) is 31.8 Å². The van der Waals surface area contributed by atoms with E-state index in [0.29, 0.717) is 13.1 Å². The normalized spacial score (nSPS) is 13.0. The zero-order chi connectivity index (χ0) is 15.0. The first kappa shape index (κ1) is 13.2. The fourth-order valence-corrected chi connectivity index (χ4v) is 2.50. The number of aromatic carboxylic acids is 1. The van der Waals surface area contributed by atoms with E-state index in [1.807, 2.05) is 0 Å². The Labute approximate surface area is 121 Å². The number of amides is 1. The van der Waals surface area contributed by atoms with Crippen LogP contribution in [-0.4, -0.2) is 27.0 Å². The number of para-hydroxylation sites is 1. The predicted octanol–water partition coefficient (Wildman–Crippen LogP) is 2.25. The Morgan fingerprint density at radius 3 is 2.43 bits per heavy atom. The van der Waals surface area contributed by atoms with Crippen molar-refractivity contribution in [2.24, 2.45) is 0 Å². The van der Waals surface area contributed by atoms with Crippen molar-refractivity contribution in [3.8, 4) is 5.75 Å². The molecule has 1 amide bonds. The number of carbonyl (C=O) groups is 2. The van der Waals surface area contributed by atoms with Crippen molar-refractivity contribution in [1.29, 1.82) is 0 Å². The fourth-order valence-electron chi connectivity index (χ4n) is 2.50. The average Bonchev–Trinajstić information content (AvgIpc) is 2.89. The highest BCUT2D eigenvalue weighted by molar-refractivity contribution is 5.97. The summed E-state index contributed by atoms with van der Waals surface area (Å²) < 4.78 is 0. The maximum absolute atomic E-state index is 12.4. The third-order valence-electron chi connectivity index (χ3n) is 3.60. The summed E-state index contributed by atoms with van der Waals surface area (Å²) >= 11 is 0. The van der Waals surface area contributed by atoms with E-state index in [4.69, 9.17) is 5.11 Å². The van der Waals surface area contributed by atoms with Gasteiger partial charge in [-0.3, -0.25) is 4.79 Å². The van der Waals surface area contributed by atoms with Crippen LogP contribution < -0.4 is 0 Å². The van der Waals surface area contributed by atoms with E-state index in [1.165, 1.54) is 12.1 Å². The van der Waals surface area contributed by atoms with Crippen LogP contribution >= 0.6 is 0 Å². The van der Waals surface area contributed by atoms with Crippen molar-refractivity contribution >= 4 is 11.9 Å². The number of aromatic hydroxyl groups is 1. The zero-order valence-electron chi connectivity index (χ0n) is 11.1. The molecule has 0 atom stereocenters. The van der Waals surface area contributed by atoms with E-state index in [0.717, 1.165) is 11.1 Å². The summed E-state index contributed by atoms with van der Waals surface area (Å²) in [5.74, 6) is -1.30. The monoisotopic (exact) mass is 283 g/mol. The molecule has 106 valence electrons. The summed E-state index contributed by atoms with van der Waals surface area (Å²) in [6.45, 7) is 0.770. The van der Waals surface area contributed by atoms with Crippen LogP contribution in [0.25, 0.3) is 0 Å². The van der Waals surface area contributed by atoms with E-state index < -0.39 is 5.97 Å². The fraction of sp³-hybridized carbons (Fsp3) is 0.125. The average molecular weight is 283 g/mol. The van der Waals surface area contributed by atoms with Gasteiger partial charge >= 0.3 is 5.97 Å². The van der Waals surface area contributed by atoms with Crippen LogP contribution in [0.2, 0.25) is 0 Å². The minimum atomic E-state index is -0.983. The first-order valence-electron chi connectivity index (χ1n) is 6.48. The molecule has 0 radical (unpaired) electrons. The Bertz CT molecular complexity index is 739. The highest BCUT2D eigenvalue weighted by Crippen LogP contribution is 2.27. The van der Waals surface area contributed by atoms with Gasteiger partial charge in [-0.1, -0.05) is 18.2 Å². The minimum Gasteiger partial charge on any atom is -0.507 e. The summed E-state index contributed by atoms with van der Waals surface area (Å²) in [5, 5.41) is 18.7. The molecule has 2 N–H and O–H groups in total. The van der Waals surface area contributed by atoms with Crippen LogP contribution in [0.5, 0.6) is 5.75 Å². The number of fused-ring (bicyclic) bond motifs is 1. The van der Waals surface area contributed by atoms with E-state index in [2.05, 4.69) is 0 Å². The van der Waals surface area contributed by atoms with Gasteiger partial charge in [0.05, 0.1) is 11.1 Å². The molecule has 3 rings (SSSR count). The Morgan fingerprint density at radius 2 is 1.71 bits per heavy atom. The van der Waals surface area contributed by atoms with Gasteiger partial charge in [0.1, 0.15) is 5.75 Å². The quantitative estimate of drug-likeness (QED) is 0.886. The van der Waals surface area contributed by atoms with Gasteiger partial charge in [-0.05, 0) is 35.4 Å². The highest BCUT2D eigenvalue weighted by atomic mass is 16.4. The summed E-state index contributed by atoms with van der Waals surface area (Å²) in [6, 6.07) is 11.3. The zero-order valence-corrected chi connectivity index (χ0v) is 11.1. The highest BCUT2D eigenvalue weighted by Gasteiger charge is 2.26. The minimum absolute atomic E-state index is 0.0512. The SMILES string of the molecule is O=C(O)c1ccc2c(c1)CN(C(=O)c1ccccc1O)C2. The third-order valence-corrected chi connectivity index (χ3v) is 3.60. The van der Waals surface area contributed by atoms with Crippen molar-refractivity contribution in [1.82, 2.24) is 4.90 Å². The van der Waals surface area contributed by atoms with Crippen LogP contribution in [0.15, 0.2) is 42.5 Å². The lowest BCUT2D eigenvalue weighted by Crippen LogP contribution is -2.25. The van der Waals surface area contributed by atoms with Crippen molar-refractivity contribution in [3.63, 3.8) is 0 Å². The molecule has 0 fully saturated rings. The first-order valence-corrected chi connectivity index (χ1v) is 6.48. The number of carbonyl (C=O) groups excluding carboxylic acids is 1. The Hall–Kier alpha value is -2.82. The smallest absolute Gasteiger partial charge is 0.335 e. The first-order chi connectivity index (χ1) is 10.1. The number of phenols is 1. The van der Waals surface area contributed by atoms with E-state index in [9.17, 15) is 14.7 Å². The van der Waals surface area contributed by atoms with Crippen LogP contribution in [-0.2, 0) is 13.1 Å². The molecule has 1 aliphatic rings. The molecule has 1 heterocycles. The van der Waals surface area contributed by atoms with Gasteiger partial charge < -0.3 is 15.1 Å². The molecule has 2 aromatic rings. The number of hydrogen-bond acceptors (Lipinski definition) is 3. The maximum Gasteiger partial charge on any atom is 0.335 e. The molecule has 5 nitrogen and oxygen atoms in total. The summed E-state index contributed by atoms with van der Waals surface area (Å²) in [4.78, 5) is 25.0. The molecule has 0 unspecified atom stereocenters. The number of nitrogens with zero attached hydrogens (tertiary/aromatic N) is 1. The molecular weight excluding hydrogens is 270 g/mol. The topological polar surface area (TPSA) is 77.8 Å². The second-order valence-corrected chi connectivity index (χ2v) is 4.97. The lowest BCUT2D eigenvalue weighted by Gasteiger charge is -2.16. The van der Waals surface area contributed by atoms with Gasteiger partial charge in [-0.15, -0.1) is 0 Å². The predicted molar refractivity (Wildman–Crippen MR) is 75.1 cm³/mol. The molecule has 0 saturated heterocycles. The molecular formula is C16H13NO4. The van der Waals surface area contributed by atoms with Crippen molar-refractivity contribution in [2.75, 3.05) is 0 Å². The number of rotatable bonds is 2. The van der Waals surface area contributed by atoms with Gasteiger partial charge in [0.25, 0.3) is 5.91 Å². The van der Waals surface area contributed by atoms with Gasteiger partial charge in [0.15, 0.2) is 0 Å². The van der Waals surface area contributed by atoms with Gasteiger partial charge in [-0.25, -0.2) is 4.79 Å². The standard InChI is InChI=1S/C16H13NO4/c18-14-4-2-1-3-13(14)15(19)17-8-11-6-5-10(16(20)21)7-12(11)9-17/h1-7,18H,8-9H2,(H,20,21). The van der Waals surface area contributed by atoms with Gasteiger partial charge in [-0.2, -0.15) is 0 Å². The van der Waals surface area contributed by atoms with Crippen molar-refractivity contribution in [2.45, 2.75) is 13.1 Å². The molecule has 0 aromatic heterocycles. The molecule has 0 saturated carbocycles.